The van der Waals surface area contributed by atoms with Crippen LogP contribution in [0.15, 0.2) is 127 Å². The fourth-order valence-electron chi connectivity index (χ4n) is 7.29. The molecule has 0 amide bonds. The molecule has 41 heavy (non-hydrogen) atoms. The summed E-state index contributed by atoms with van der Waals surface area (Å²) in [6.07, 6.45) is 0. The summed E-state index contributed by atoms with van der Waals surface area (Å²) in [7, 11) is 0. The molecule has 0 spiro atoms. The third-order valence-electron chi connectivity index (χ3n) is 9.19. The fraction of sp³-hybridized carbons (Fsp3) is 0.0769. The third kappa shape index (κ3) is 3.11. The number of thiophene rings is 1. The van der Waals surface area contributed by atoms with Gasteiger partial charge in [0.15, 0.2) is 0 Å². The average Bonchev–Trinajstić information content (AvgIpc) is 3.63. The predicted molar refractivity (Wildman–Crippen MR) is 177 cm³/mol. The monoisotopic (exact) mass is 541 g/mol. The Bertz CT molecular complexity index is 2330. The van der Waals surface area contributed by atoms with E-state index < -0.39 is 0 Å². The summed E-state index contributed by atoms with van der Waals surface area (Å²) in [6.45, 7) is 4.76. The second-order valence-corrected chi connectivity index (χ2v) is 12.8. The lowest BCUT2D eigenvalue weighted by Gasteiger charge is -2.23. The van der Waals surface area contributed by atoms with E-state index in [9.17, 15) is 0 Å². The van der Waals surface area contributed by atoms with E-state index in [2.05, 4.69) is 146 Å². The average molecular weight is 542 g/mol. The number of hydrogen-bond donors (Lipinski definition) is 0. The van der Waals surface area contributed by atoms with Gasteiger partial charge in [-0.1, -0.05) is 105 Å². The first-order valence-electron chi connectivity index (χ1n) is 14.3. The number of nitrogens with zero attached hydrogens (tertiary/aromatic N) is 1. The van der Waals surface area contributed by atoms with Crippen LogP contribution >= 0.6 is 11.3 Å². The molecule has 2 heterocycles. The van der Waals surface area contributed by atoms with Crippen LogP contribution in [0, 0.1) is 0 Å². The summed E-state index contributed by atoms with van der Waals surface area (Å²) in [4.78, 5) is 0. The van der Waals surface area contributed by atoms with Gasteiger partial charge in [-0.3, -0.25) is 0 Å². The fourth-order valence-corrected chi connectivity index (χ4v) is 8.38. The van der Waals surface area contributed by atoms with Crippen LogP contribution in [0.2, 0.25) is 0 Å². The molecule has 9 rings (SSSR count). The van der Waals surface area contributed by atoms with Crippen molar-refractivity contribution in [2.45, 2.75) is 19.3 Å². The van der Waals surface area contributed by atoms with Gasteiger partial charge in [-0.15, -0.1) is 11.3 Å². The molecule has 1 aliphatic carbocycles. The summed E-state index contributed by atoms with van der Waals surface area (Å²) in [5, 5.41) is 5.30. The van der Waals surface area contributed by atoms with E-state index in [0.29, 0.717) is 0 Å². The Morgan fingerprint density at radius 3 is 2.12 bits per heavy atom. The van der Waals surface area contributed by atoms with Crippen LogP contribution < -0.4 is 0 Å². The highest BCUT2D eigenvalue weighted by molar-refractivity contribution is 7.25. The van der Waals surface area contributed by atoms with E-state index in [4.69, 9.17) is 0 Å². The van der Waals surface area contributed by atoms with Crippen LogP contribution in [0.5, 0.6) is 0 Å². The summed E-state index contributed by atoms with van der Waals surface area (Å²) < 4.78 is 5.18. The zero-order valence-corrected chi connectivity index (χ0v) is 23.8. The van der Waals surface area contributed by atoms with Crippen molar-refractivity contribution in [3.05, 3.63) is 139 Å². The highest BCUT2D eigenvalue weighted by Crippen LogP contribution is 2.52. The quantitative estimate of drug-likeness (QED) is 0.205. The minimum Gasteiger partial charge on any atom is -0.309 e. The number of para-hydroxylation sites is 1. The molecule has 8 aromatic rings. The number of fused-ring (bicyclic) bond motifs is 10. The zero-order valence-electron chi connectivity index (χ0n) is 23.0. The highest BCUT2D eigenvalue weighted by atomic mass is 32.1. The van der Waals surface area contributed by atoms with Gasteiger partial charge in [-0.2, -0.15) is 0 Å². The van der Waals surface area contributed by atoms with E-state index in [1.807, 2.05) is 11.3 Å². The number of aromatic nitrogens is 1. The zero-order chi connectivity index (χ0) is 27.3. The van der Waals surface area contributed by atoms with E-state index in [1.165, 1.54) is 81.0 Å². The van der Waals surface area contributed by atoms with Crippen LogP contribution in [0.1, 0.15) is 25.0 Å². The van der Waals surface area contributed by atoms with Crippen molar-refractivity contribution in [3.8, 4) is 27.9 Å². The molecule has 2 heteroatoms. The second-order valence-electron chi connectivity index (χ2n) is 11.8. The Hall–Kier alpha value is -4.66. The van der Waals surface area contributed by atoms with Gasteiger partial charge in [0.05, 0.1) is 11.0 Å². The summed E-state index contributed by atoms with van der Waals surface area (Å²) >= 11 is 1.87. The first-order valence-corrected chi connectivity index (χ1v) is 15.1. The molecule has 1 nitrogen and oxygen atoms in total. The summed E-state index contributed by atoms with van der Waals surface area (Å²) in [5.41, 5.74) is 11.7. The first-order chi connectivity index (χ1) is 20.1. The molecule has 0 saturated carbocycles. The molecule has 0 saturated heterocycles. The van der Waals surface area contributed by atoms with Gasteiger partial charge in [-0.05, 0) is 69.8 Å². The number of hydrogen-bond acceptors (Lipinski definition) is 1. The lowest BCUT2D eigenvalue weighted by atomic mass is 9.81. The van der Waals surface area contributed by atoms with Gasteiger partial charge in [0, 0.05) is 42.0 Å². The van der Waals surface area contributed by atoms with Gasteiger partial charge in [0.25, 0.3) is 0 Å². The summed E-state index contributed by atoms with van der Waals surface area (Å²) in [6, 6.07) is 47.2. The van der Waals surface area contributed by atoms with Crippen molar-refractivity contribution >= 4 is 53.3 Å². The van der Waals surface area contributed by atoms with Crippen molar-refractivity contribution in [2.24, 2.45) is 0 Å². The standard InChI is InChI=1S/C39H27NS/c1-39(2)33-12-6-3-9-27(33)30-20-21-31-28-10-4-7-13-34(28)40(38(31)37(30)39)26-18-15-24(16-19-26)25-17-22-36-32(23-25)29-11-5-8-14-35(29)41-36/h3-23H,1-2H3. The van der Waals surface area contributed by atoms with Gasteiger partial charge >= 0.3 is 0 Å². The highest BCUT2D eigenvalue weighted by Gasteiger charge is 2.38. The lowest BCUT2D eigenvalue weighted by molar-refractivity contribution is 0.664. The van der Waals surface area contributed by atoms with Crippen molar-refractivity contribution in [2.75, 3.05) is 0 Å². The first kappa shape index (κ1) is 23.1. The Morgan fingerprint density at radius 1 is 0.537 bits per heavy atom. The molecule has 2 aromatic heterocycles. The van der Waals surface area contributed by atoms with Gasteiger partial charge in [0.1, 0.15) is 0 Å². The molecule has 0 fully saturated rings. The van der Waals surface area contributed by atoms with E-state index in [1.54, 1.807) is 0 Å². The van der Waals surface area contributed by atoms with Crippen LogP contribution in [0.4, 0.5) is 0 Å². The molecule has 0 aliphatic heterocycles. The Labute approximate surface area is 242 Å². The Balaban J connectivity index is 1.26. The van der Waals surface area contributed by atoms with Crippen molar-refractivity contribution < 1.29 is 0 Å². The Kier molecular flexibility index (Phi) is 4.61. The topological polar surface area (TPSA) is 4.93 Å². The van der Waals surface area contributed by atoms with Crippen LogP contribution in [-0.4, -0.2) is 4.57 Å². The van der Waals surface area contributed by atoms with E-state index in [-0.39, 0.29) is 5.41 Å². The lowest BCUT2D eigenvalue weighted by Crippen LogP contribution is -2.16. The minimum atomic E-state index is -0.0871. The molecule has 1 aliphatic rings. The van der Waals surface area contributed by atoms with E-state index >= 15 is 0 Å². The third-order valence-corrected chi connectivity index (χ3v) is 10.3. The maximum Gasteiger partial charge on any atom is 0.0588 e. The largest absolute Gasteiger partial charge is 0.309 e. The van der Waals surface area contributed by atoms with Crippen LogP contribution in [0.25, 0.3) is 69.9 Å². The van der Waals surface area contributed by atoms with Gasteiger partial charge in [0.2, 0.25) is 0 Å². The maximum absolute atomic E-state index is 2.50. The predicted octanol–water partition coefficient (Wildman–Crippen LogP) is 11.1. The molecule has 194 valence electrons. The van der Waals surface area contributed by atoms with Gasteiger partial charge in [-0.25, -0.2) is 0 Å². The molecule has 0 N–H and O–H groups in total. The molecular weight excluding hydrogens is 515 g/mol. The van der Waals surface area contributed by atoms with Crippen LogP contribution in [0.3, 0.4) is 0 Å². The number of benzene rings is 6. The Morgan fingerprint density at radius 2 is 1.24 bits per heavy atom. The molecule has 0 unspecified atom stereocenters. The molecule has 0 atom stereocenters. The normalized spacial score (nSPS) is 13.8. The number of rotatable bonds is 2. The van der Waals surface area contributed by atoms with Crippen molar-refractivity contribution in [3.63, 3.8) is 0 Å². The smallest absolute Gasteiger partial charge is 0.0588 e. The van der Waals surface area contributed by atoms with Gasteiger partial charge < -0.3 is 4.57 Å². The molecule has 0 radical (unpaired) electrons. The molecule has 6 aromatic carbocycles. The SMILES string of the molecule is CC1(C)c2ccccc2-c2ccc3c4ccccc4n(-c4ccc(-c5ccc6sc7ccccc7c6c5)cc4)c3c21. The van der Waals surface area contributed by atoms with E-state index in [0.717, 1.165) is 0 Å². The van der Waals surface area contributed by atoms with Crippen molar-refractivity contribution in [1.82, 2.24) is 4.57 Å². The second kappa shape index (κ2) is 8.19. The summed E-state index contributed by atoms with van der Waals surface area (Å²) in [5.74, 6) is 0. The minimum absolute atomic E-state index is 0.0871. The van der Waals surface area contributed by atoms with Crippen molar-refractivity contribution in [1.29, 1.82) is 0 Å². The maximum atomic E-state index is 2.50. The van der Waals surface area contributed by atoms with Crippen LogP contribution in [-0.2, 0) is 5.41 Å². The molecule has 0 bridgehead atoms. The molecular formula is C39H27NS.